The fraction of sp³-hybridized carbons (Fsp3) is 0.386. The number of carbonyl (C=O) groups excluding carboxylic acids is 4. The molecule has 328 valence electrons. The molecule has 18 nitrogen and oxygen atoms in total. The lowest BCUT2D eigenvalue weighted by Crippen LogP contribution is -2.59. The van der Waals surface area contributed by atoms with Gasteiger partial charge in [0.1, 0.15) is 35.6 Å². The molecule has 4 amide bonds. The number of fused-ring (bicyclic) bond motifs is 12. The van der Waals surface area contributed by atoms with Gasteiger partial charge in [-0.1, -0.05) is 79.7 Å². The van der Waals surface area contributed by atoms with Crippen LogP contribution < -0.4 is 37.6 Å². The van der Waals surface area contributed by atoms with Crippen LogP contribution in [0, 0.1) is 5.92 Å². The number of carboxylic acids is 1. The number of hydrogen-bond donors (Lipinski definition) is 7. The van der Waals surface area contributed by atoms with E-state index in [0.717, 1.165) is 5.56 Å². The van der Waals surface area contributed by atoms with Crippen LogP contribution in [0.25, 0.3) is 17.0 Å². The second kappa shape index (κ2) is 20.7. The van der Waals surface area contributed by atoms with Gasteiger partial charge in [-0.25, -0.2) is 10.6 Å². The van der Waals surface area contributed by atoms with Gasteiger partial charge in [0.15, 0.2) is 0 Å². The van der Waals surface area contributed by atoms with Gasteiger partial charge in [-0.15, -0.1) is 5.10 Å². The number of nitrogens with one attached hydrogen (secondary N) is 4. The Balaban J connectivity index is 1.36. The van der Waals surface area contributed by atoms with Crippen molar-refractivity contribution in [1.29, 1.82) is 0 Å². The third kappa shape index (κ3) is 11.5. The van der Waals surface area contributed by atoms with Gasteiger partial charge in [-0.2, -0.15) is 0 Å². The summed E-state index contributed by atoms with van der Waals surface area (Å²) in [5.74, 6) is 3.34. The Morgan fingerprint density at radius 1 is 0.984 bits per heavy atom. The first-order valence-corrected chi connectivity index (χ1v) is 20.6. The van der Waals surface area contributed by atoms with Crippen molar-refractivity contribution < 1.29 is 33.8 Å². The molecular formula is C44H55N11O7. The average Bonchev–Trinajstić information content (AvgIpc) is 3.93. The van der Waals surface area contributed by atoms with E-state index in [0.29, 0.717) is 53.4 Å². The number of likely N-dealkylation sites (tertiary alicyclic amines) is 1. The zero-order valence-corrected chi connectivity index (χ0v) is 35.1. The maximum atomic E-state index is 14.5. The van der Waals surface area contributed by atoms with Gasteiger partial charge < -0.3 is 46.8 Å². The number of aryl methyl sites for hydroxylation is 1. The minimum Gasteiger partial charge on any atom is -0.494 e. The Morgan fingerprint density at radius 3 is 2.44 bits per heavy atom. The van der Waals surface area contributed by atoms with Gasteiger partial charge in [-0.05, 0) is 47.9 Å². The largest absolute Gasteiger partial charge is 0.494 e. The fourth-order valence-corrected chi connectivity index (χ4v) is 7.51. The molecule has 18 heteroatoms. The van der Waals surface area contributed by atoms with E-state index in [1.807, 2.05) is 36.5 Å². The maximum Gasteiger partial charge on any atom is 0.326 e. The first-order valence-electron chi connectivity index (χ1n) is 20.6. The first-order chi connectivity index (χ1) is 29.8. The van der Waals surface area contributed by atoms with Gasteiger partial charge in [0, 0.05) is 50.5 Å². The maximum absolute atomic E-state index is 14.5. The van der Waals surface area contributed by atoms with E-state index >= 15 is 0 Å². The zero-order valence-electron chi connectivity index (χ0n) is 35.1. The normalized spacial score (nSPS) is 21.5. The molecule has 0 saturated carbocycles. The minimum absolute atomic E-state index is 0.0208. The predicted octanol–water partition coefficient (Wildman–Crippen LogP) is 1.03. The molecule has 8 bridgehead atoms. The smallest absolute Gasteiger partial charge is 0.326 e. The summed E-state index contributed by atoms with van der Waals surface area (Å²) in [5, 5.41) is 31.3. The molecule has 7 rings (SSSR count). The van der Waals surface area contributed by atoms with Gasteiger partial charge >= 0.3 is 5.97 Å². The summed E-state index contributed by atoms with van der Waals surface area (Å²) >= 11 is 0. The van der Waals surface area contributed by atoms with Crippen LogP contribution >= 0.6 is 0 Å². The molecule has 0 spiro atoms. The summed E-state index contributed by atoms with van der Waals surface area (Å²) in [4.78, 5) is 69.8. The summed E-state index contributed by atoms with van der Waals surface area (Å²) in [6.45, 7) is 4.45. The van der Waals surface area contributed by atoms with E-state index in [1.165, 1.54) is 16.1 Å². The lowest BCUT2D eigenvalue weighted by molar-refractivity contribution is -0.144. The Bertz CT molecular complexity index is 2230. The number of carboxylic acid groups (broad SMARTS) is 1. The average molecular weight is 850 g/mol. The topological polar surface area (TPSA) is 252 Å². The van der Waals surface area contributed by atoms with Crippen molar-refractivity contribution in [2.24, 2.45) is 17.5 Å². The van der Waals surface area contributed by atoms with Crippen LogP contribution in [-0.4, -0.2) is 117 Å². The van der Waals surface area contributed by atoms with Crippen molar-refractivity contribution in [3.8, 4) is 17.0 Å². The number of aromatic nitrogens is 3. The summed E-state index contributed by atoms with van der Waals surface area (Å²) in [6.07, 6.45) is 4.01. The Kier molecular flexibility index (Phi) is 14.9. The minimum atomic E-state index is -1.34. The van der Waals surface area contributed by atoms with Crippen LogP contribution in [-0.2, 0) is 43.4 Å². The molecule has 1 saturated heterocycles. The zero-order chi connectivity index (χ0) is 44.3. The summed E-state index contributed by atoms with van der Waals surface area (Å²) < 4.78 is 7.66. The summed E-state index contributed by atoms with van der Waals surface area (Å²) in [5.41, 5.74) is 10.3. The number of nitrogens with two attached hydrogens (primary N) is 2. The van der Waals surface area contributed by atoms with Crippen molar-refractivity contribution in [3.63, 3.8) is 0 Å². The molecule has 3 aromatic carbocycles. The van der Waals surface area contributed by atoms with Crippen LogP contribution in [0.1, 0.15) is 43.4 Å². The molecule has 0 radical (unpaired) electrons. The Hall–Kier alpha value is -6.79. The number of carbonyl (C=O) groups is 5. The van der Waals surface area contributed by atoms with E-state index in [1.54, 1.807) is 74.1 Å². The van der Waals surface area contributed by atoms with Crippen LogP contribution in [0.2, 0.25) is 0 Å². The van der Waals surface area contributed by atoms with E-state index in [2.05, 4.69) is 31.6 Å². The van der Waals surface area contributed by atoms with E-state index in [9.17, 15) is 29.1 Å². The molecule has 3 aliphatic heterocycles. The molecule has 62 heavy (non-hydrogen) atoms. The molecule has 4 heterocycles. The summed E-state index contributed by atoms with van der Waals surface area (Å²) in [7, 11) is 1.61. The Labute approximate surface area is 360 Å². The van der Waals surface area contributed by atoms with Crippen LogP contribution in [0.15, 0.2) is 91.3 Å². The molecule has 5 atom stereocenters. The SMILES string of the molecule is CNCC(=O)NC(C(=O)N1C[C@@H]2CC1C(=O)N[C@@H](Cc1ccccc1)C(=O)NC(C(=O)O)Cc1ccc(cc1)OCCCn1cc(nn1)-c1cccc(c1)/C(N)=C/N2N)C(C)C. The highest BCUT2D eigenvalue weighted by molar-refractivity contribution is 5.96. The van der Waals surface area contributed by atoms with Gasteiger partial charge in [0.2, 0.25) is 23.6 Å². The highest BCUT2D eigenvalue weighted by Crippen LogP contribution is 2.26. The number of benzene rings is 3. The van der Waals surface area contributed by atoms with E-state index in [-0.39, 0.29) is 38.3 Å². The van der Waals surface area contributed by atoms with Crippen LogP contribution in [0.5, 0.6) is 5.75 Å². The molecular weight excluding hydrogens is 795 g/mol. The summed E-state index contributed by atoms with van der Waals surface area (Å²) in [6, 6.07) is 18.0. The number of likely N-dealkylation sites (N-methyl/N-ethyl adjacent to an activating group) is 1. The number of aliphatic carboxylic acids is 1. The quantitative estimate of drug-likeness (QED) is 0.123. The molecule has 3 unspecified atom stereocenters. The number of ether oxygens (including phenoxy) is 1. The number of hydrogen-bond acceptors (Lipinski definition) is 12. The molecule has 1 fully saturated rings. The van der Waals surface area contributed by atoms with Crippen molar-refractivity contribution in [1.82, 2.24) is 46.2 Å². The lowest BCUT2D eigenvalue weighted by atomic mass is 10.0. The van der Waals surface area contributed by atoms with Crippen molar-refractivity contribution >= 4 is 35.3 Å². The molecule has 4 aromatic rings. The van der Waals surface area contributed by atoms with Crippen molar-refractivity contribution in [2.45, 2.75) is 76.3 Å². The molecule has 9 N–H and O–H groups in total. The van der Waals surface area contributed by atoms with E-state index < -0.39 is 59.8 Å². The third-order valence-electron chi connectivity index (χ3n) is 10.9. The number of rotatable bonds is 8. The van der Waals surface area contributed by atoms with Crippen LogP contribution in [0.4, 0.5) is 0 Å². The Morgan fingerprint density at radius 2 is 1.73 bits per heavy atom. The van der Waals surface area contributed by atoms with Gasteiger partial charge in [-0.3, -0.25) is 23.9 Å². The van der Waals surface area contributed by atoms with Crippen molar-refractivity contribution in [2.75, 3.05) is 26.7 Å². The van der Waals surface area contributed by atoms with E-state index in [4.69, 9.17) is 16.3 Å². The first kappa shape index (κ1) is 44.8. The molecule has 0 aliphatic carbocycles. The standard InChI is InChI=1S/C44H55N11O7/c1-27(2)40(50-39(56)23-47-3)43(59)54-24-32-22-38(54)42(58)48-35(19-28-9-5-4-6-10-28)41(57)49-36(44(60)61)20-29-13-15-33(16-14-29)62-18-8-17-53-26-37(51-52-53)31-12-7-11-30(21-31)34(45)25-55(32)46/h4-7,9-16,21,25-27,32,35-36,38,40,47H,8,17-20,22-24,45-46H2,1-3H3,(H,48,58)(H,49,57)(H,50,56)(H,60,61)/b34-25-/t32-,35-,36?,38?,40?/m0/s1. The molecule has 3 aliphatic rings. The number of hydrazine groups is 1. The molecule has 1 aromatic heterocycles. The number of amides is 4. The fourth-order valence-electron chi connectivity index (χ4n) is 7.51. The van der Waals surface area contributed by atoms with Gasteiger partial charge in [0.25, 0.3) is 0 Å². The van der Waals surface area contributed by atoms with Crippen LogP contribution in [0.3, 0.4) is 0 Å². The third-order valence-corrected chi connectivity index (χ3v) is 10.9. The van der Waals surface area contributed by atoms with Crippen molar-refractivity contribution in [3.05, 3.63) is 108 Å². The number of nitrogens with zero attached hydrogens (tertiary/aromatic N) is 5. The second-order valence-corrected chi connectivity index (χ2v) is 15.9. The second-order valence-electron chi connectivity index (χ2n) is 15.9. The predicted molar refractivity (Wildman–Crippen MR) is 230 cm³/mol. The highest BCUT2D eigenvalue weighted by atomic mass is 16.5. The van der Waals surface area contributed by atoms with Gasteiger partial charge in [0.05, 0.1) is 31.1 Å². The highest BCUT2D eigenvalue weighted by Gasteiger charge is 2.45. The monoisotopic (exact) mass is 849 g/mol. The lowest BCUT2D eigenvalue weighted by Gasteiger charge is -2.31.